The number of hydrazone groups is 1. The molecule has 2 fully saturated rings. The molecular formula is C24H19BrN2O4. The van der Waals surface area contributed by atoms with E-state index in [2.05, 4.69) is 21.0 Å². The lowest BCUT2D eigenvalue weighted by Gasteiger charge is -2.13. The maximum absolute atomic E-state index is 12.8. The minimum absolute atomic E-state index is 0.128. The van der Waals surface area contributed by atoms with Gasteiger partial charge in [0.25, 0.3) is 11.8 Å². The first-order valence-electron chi connectivity index (χ1n) is 10.1. The number of benzene rings is 2. The number of carbonyl (C=O) groups is 3. The molecule has 0 N–H and O–H groups in total. The van der Waals surface area contributed by atoms with Crippen LogP contribution in [0.1, 0.15) is 27.9 Å². The minimum Gasteiger partial charge on any atom is -0.422 e. The highest BCUT2D eigenvalue weighted by atomic mass is 79.9. The molecule has 1 saturated heterocycles. The van der Waals surface area contributed by atoms with E-state index in [0.717, 1.165) is 21.5 Å². The van der Waals surface area contributed by atoms with Crippen molar-refractivity contribution in [1.82, 2.24) is 5.01 Å². The number of imide groups is 1. The van der Waals surface area contributed by atoms with Gasteiger partial charge in [0.1, 0.15) is 5.75 Å². The zero-order chi connectivity index (χ0) is 21.7. The molecule has 1 aliphatic heterocycles. The predicted molar refractivity (Wildman–Crippen MR) is 117 cm³/mol. The number of ether oxygens (including phenoxy) is 1. The third-order valence-corrected chi connectivity index (χ3v) is 6.68. The molecule has 2 aliphatic carbocycles. The molecule has 5 rings (SSSR count). The molecule has 4 atom stereocenters. The number of hydrogen-bond donors (Lipinski definition) is 0. The summed E-state index contributed by atoms with van der Waals surface area (Å²) in [5.41, 5.74) is 1.87. The Morgan fingerprint density at radius 1 is 1.10 bits per heavy atom. The molecule has 2 aromatic rings. The maximum Gasteiger partial charge on any atom is 0.343 e. The van der Waals surface area contributed by atoms with Crippen molar-refractivity contribution in [3.05, 3.63) is 75.8 Å². The van der Waals surface area contributed by atoms with Crippen molar-refractivity contribution in [1.29, 1.82) is 0 Å². The number of hydrogen-bond acceptors (Lipinski definition) is 5. The van der Waals surface area contributed by atoms with Gasteiger partial charge in [0.05, 0.1) is 23.6 Å². The fourth-order valence-electron chi connectivity index (χ4n) is 4.76. The summed E-state index contributed by atoms with van der Waals surface area (Å²) in [6.07, 6.45) is 6.35. The van der Waals surface area contributed by atoms with E-state index in [4.69, 9.17) is 4.74 Å². The summed E-state index contributed by atoms with van der Waals surface area (Å²) in [5.74, 6) is -1.06. The van der Waals surface area contributed by atoms with E-state index in [1.807, 2.05) is 25.1 Å². The highest BCUT2D eigenvalue weighted by Gasteiger charge is 2.59. The second-order valence-electron chi connectivity index (χ2n) is 8.17. The van der Waals surface area contributed by atoms with Gasteiger partial charge < -0.3 is 4.74 Å². The molecule has 7 heteroatoms. The summed E-state index contributed by atoms with van der Waals surface area (Å²) in [7, 11) is 0. The van der Waals surface area contributed by atoms with E-state index in [1.165, 1.54) is 6.21 Å². The van der Waals surface area contributed by atoms with Gasteiger partial charge in [-0.3, -0.25) is 9.59 Å². The SMILES string of the molecule is Cc1cccc(C(=O)Oc2ccc(Br)cc2C=NN2C(=O)[C@@H]3[C@H](C2=O)[C@H]2C=C[C@H]3C2)c1. The number of aryl methyl sites for hydroxylation is 1. The van der Waals surface area contributed by atoms with E-state index < -0.39 is 5.97 Å². The monoisotopic (exact) mass is 478 g/mol. The highest BCUT2D eigenvalue weighted by Crippen LogP contribution is 2.52. The summed E-state index contributed by atoms with van der Waals surface area (Å²) >= 11 is 3.40. The zero-order valence-corrected chi connectivity index (χ0v) is 18.3. The van der Waals surface area contributed by atoms with E-state index in [-0.39, 0.29) is 35.5 Å². The van der Waals surface area contributed by atoms with Gasteiger partial charge in [0.2, 0.25) is 0 Å². The second-order valence-corrected chi connectivity index (χ2v) is 9.09. The average molecular weight is 479 g/mol. The summed E-state index contributed by atoms with van der Waals surface area (Å²) in [6.45, 7) is 1.90. The summed E-state index contributed by atoms with van der Waals surface area (Å²) < 4.78 is 6.33. The molecule has 156 valence electrons. The van der Waals surface area contributed by atoms with Crippen molar-refractivity contribution in [3.63, 3.8) is 0 Å². The Morgan fingerprint density at radius 3 is 2.48 bits per heavy atom. The van der Waals surface area contributed by atoms with Crippen molar-refractivity contribution in [2.45, 2.75) is 13.3 Å². The van der Waals surface area contributed by atoms with Gasteiger partial charge in [-0.05, 0) is 55.5 Å². The smallest absolute Gasteiger partial charge is 0.343 e. The number of nitrogens with zero attached hydrogens (tertiary/aromatic N) is 2. The van der Waals surface area contributed by atoms with Crippen molar-refractivity contribution >= 4 is 39.9 Å². The van der Waals surface area contributed by atoms with Crippen LogP contribution in [0.5, 0.6) is 5.75 Å². The molecule has 2 bridgehead atoms. The zero-order valence-electron chi connectivity index (χ0n) is 16.7. The van der Waals surface area contributed by atoms with Crippen molar-refractivity contribution in [2.24, 2.45) is 28.8 Å². The van der Waals surface area contributed by atoms with Crippen LogP contribution in [0, 0.1) is 30.6 Å². The van der Waals surface area contributed by atoms with Crippen LogP contribution >= 0.6 is 15.9 Å². The average Bonchev–Trinajstić information content (AvgIpc) is 3.42. The van der Waals surface area contributed by atoms with Gasteiger partial charge in [-0.2, -0.15) is 10.1 Å². The molecule has 0 radical (unpaired) electrons. The Balaban J connectivity index is 1.39. The number of amides is 2. The number of allylic oxidation sites excluding steroid dienone is 2. The van der Waals surface area contributed by atoms with Gasteiger partial charge in [-0.15, -0.1) is 0 Å². The van der Waals surface area contributed by atoms with Crippen LogP contribution in [-0.4, -0.2) is 29.0 Å². The lowest BCUT2D eigenvalue weighted by molar-refractivity contribution is -0.140. The number of fused-ring (bicyclic) bond motifs is 5. The van der Waals surface area contributed by atoms with Crippen LogP contribution < -0.4 is 4.74 Å². The molecular weight excluding hydrogens is 460 g/mol. The van der Waals surface area contributed by atoms with E-state index in [1.54, 1.807) is 36.4 Å². The van der Waals surface area contributed by atoms with Crippen LogP contribution in [0.25, 0.3) is 0 Å². The first-order valence-corrected chi connectivity index (χ1v) is 10.9. The molecule has 1 saturated carbocycles. The Labute approximate surface area is 187 Å². The Morgan fingerprint density at radius 2 is 1.81 bits per heavy atom. The predicted octanol–water partition coefficient (Wildman–Crippen LogP) is 4.12. The van der Waals surface area contributed by atoms with Crippen LogP contribution in [0.15, 0.2) is 64.2 Å². The highest BCUT2D eigenvalue weighted by molar-refractivity contribution is 9.10. The van der Waals surface area contributed by atoms with Crippen LogP contribution in [-0.2, 0) is 9.59 Å². The molecule has 2 aromatic carbocycles. The van der Waals surface area contributed by atoms with E-state index in [0.29, 0.717) is 16.9 Å². The quantitative estimate of drug-likeness (QED) is 0.218. The third-order valence-electron chi connectivity index (χ3n) is 6.19. The lowest BCUT2D eigenvalue weighted by atomic mass is 9.85. The number of carbonyl (C=O) groups excluding carboxylic acids is 3. The number of halogens is 1. The normalized spacial score (nSPS) is 26.2. The summed E-state index contributed by atoms with van der Waals surface area (Å²) in [6, 6.07) is 12.2. The number of esters is 1. The first kappa shape index (κ1) is 19.9. The first-order chi connectivity index (χ1) is 14.9. The lowest BCUT2D eigenvalue weighted by Crippen LogP contribution is -2.28. The third kappa shape index (κ3) is 3.43. The maximum atomic E-state index is 12.8. The van der Waals surface area contributed by atoms with Gasteiger partial charge in [0.15, 0.2) is 0 Å². The summed E-state index contributed by atoms with van der Waals surface area (Å²) in [4.78, 5) is 38.2. The van der Waals surface area contributed by atoms with Crippen molar-refractivity contribution < 1.29 is 19.1 Å². The summed E-state index contributed by atoms with van der Waals surface area (Å²) in [5, 5.41) is 5.18. The second kappa shape index (κ2) is 7.57. The van der Waals surface area contributed by atoms with Crippen molar-refractivity contribution in [2.75, 3.05) is 0 Å². The van der Waals surface area contributed by atoms with Crippen molar-refractivity contribution in [3.8, 4) is 5.75 Å². The molecule has 0 aromatic heterocycles. The van der Waals surface area contributed by atoms with Crippen LogP contribution in [0.4, 0.5) is 0 Å². The van der Waals surface area contributed by atoms with E-state index in [9.17, 15) is 14.4 Å². The fourth-order valence-corrected chi connectivity index (χ4v) is 5.14. The van der Waals surface area contributed by atoms with Crippen LogP contribution in [0.2, 0.25) is 0 Å². The molecule has 3 aliphatic rings. The van der Waals surface area contributed by atoms with E-state index >= 15 is 0 Å². The van der Waals surface area contributed by atoms with Crippen LogP contribution in [0.3, 0.4) is 0 Å². The Kier molecular flexibility index (Phi) is 4.85. The molecule has 1 heterocycles. The fraction of sp³-hybridized carbons (Fsp3) is 0.250. The Hall–Kier alpha value is -3.06. The van der Waals surface area contributed by atoms with Gasteiger partial charge in [-0.1, -0.05) is 45.8 Å². The van der Waals surface area contributed by atoms with Gasteiger partial charge >= 0.3 is 5.97 Å². The molecule has 6 nitrogen and oxygen atoms in total. The molecule has 31 heavy (non-hydrogen) atoms. The largest absolute Gasteiger partial charge is 0.422 e. The molecule has 0 unspecified atom stereocenters. The Bertz CT molecular complexity index is 1140. The topological polar surface area (TPSA) is 76.0 Å². The minimum atomic E-state index is -0.494. The molecule has 2 amide bonds. The number of rotatable bonds is 4. The standard InChI is InChI=1S/C24H19BrN2O4/c1-13-3-2-4-16(9-13)24(30)31-19-8-7-18(25)11-17(19)12-26-27-22(28)20-14-5-6-15(10-14)21(20)23(27)29/h2-9,11-12,14-15,20-21H,10H2,1H3/t14-,15-,20-,21+/m0/s1. The van der Waals surface area contributed by atoms with Gasteiger partial charge in [-0.25, -0.2) is 4.79 Å². The van der Waals surface area contributed by atoms with Gasteiger partial charge in [0, 0.05) is 10.0 Å². The molecule has 0 spiro atoms.